The van der Waals surface area contributed by atoms with E-state index >= 15 is 0 Å². The largest absolute Gasteiger partial charge is 0.495 e. The van der Waals surface area contributed by atoms with Gasteiger partial charge in [0, 0.05) is 16.8 Å². The van der Waals surface area contributed by atoms with Gasteiger partial charge in [-0.3, -0.25) is 0 Å². The third-order valence-electron chi connectivity index (χ3n) is 3.61. The lowest BCUT2D eigenvalue weighted by Gasteiger charge is -2.34. The van der Waals surface area contributed by atoms with Crippen LogP contribution in [0.2, 0.25) is 5.02 Å². The van der Waals surface area contributed by atoms with Gasteiger partial charge in [-0.25, -0.2) is 8.42 Å². The molecule has 0 aromatic heterocycles. The molecule has 0 fully saturated rings. The third kappa shape index (κ3) is 3.92. The Morgan fingerprint density at radius 3 is 2.43 bits per heavy atom. The van der Waals surface area contributed by atoms with Crippen LogP contribution in [0.5, 0.6) is 5.75 Å². The molecule has 120 valence electrons. The highest BCUT2D eigenvalue weighted by Crippen LogP contribution is 2.41. The molecular weight excluding hydrogens is 378 g/mol. The smallest absolute Gasteiger partial charge is 0.154 e. The Bertz CT molecular complexity index is 617. The first-order chi connectivity index (χ1) is 9.56. The molecule has 7 heteroatoms. The highest BCUT2D eigenvalue weighted by Gasteiger charge is 2.41. The number of nitrogens with one attached hydrogen (secondary N) is 1. The summed E-state index contributed by atoms with van der Waals surface area (Å²) < 4.78 is 29.5. The molecule has 0 saturated carbocycles. The summed E-state index contributed by atoms with van der Waals surface area (Å²) in [5.74, 6) is 0.585. The number of hydrogen-bond donors (Lipinski definition) is 1. The topological polar surface area (TPSA) is 55.4 Å². The van der Waals surface area contributed by atoms with E-state index in [4.69, 9.17) is 16.3 Å². The maximum Gasteiger partial charge on any atom is 0.154 e. The zero-order valence-electron chi connectivity index (χ0n) is 12.8. The number of methoxy groups -OCH3 is 1. The molecule has 0 aliphatic rings. The van der Waals surface area contributed by atoms with E-state index < -0.39 is 20.6 Å². The van der Waals surface area contributed by atoms with Gasteiger partial charge in [-0.05, 0) is 48.5 Å². The van der Waals surface area contributed by atoms with Gasteiger partial charge >= 0.3 is 0 Å². The Morgan fingerprint density at radius 2 is 2.00 bits per heavy atom. The first-order valence-corrected chi connectivity index (χ1v) is 9.58. The van der Waals surface area contributed by atoms with Crippen LogP contribution in [0.25, 0.3) is 0 Å². The summed E-state index contributed by atoms with van der Waals surface area (Å²) in [4.78, 5) is 0. The maximum atomic E-state index is 12.2. The Labute approximate surface area is 140 Å². The van der Waals surface area contributed by atoms with E-state index in [1.54, 1.807) is 33.1 Å². The minimum absolute atomic E-state index is 0.442. The van der Waals surface area contributed by atoms with Crippen molar-refractivity contribution in [2.75, 3.05) is 19.9 Å². The zero-order chi connectivity index (χ0) is 16.4. The number of ether oxygens (including phenoxy) is 1. The monoisotopic (exact) mass is 397 g/mol. The van der Waals surface area contributed by atoms with Gasteiger partial charge in [0.25, 0.3) is 0 Å². The third-order valence-corrected chi connectivity index (χ3v) is 6.57. The summed E-state index contributed by atoms with van der Waals surface area (Å²) in [7, 11) is -1.75. The van der Waals surface area contributed by atoms with Gasteiger partial charge in [-0.2, -0.15) is 0 Å². The van der Waals surface area contributed by atoms with Crippen molar-refractivity contribution in [1.82, 2.24) is 5.32 Å². The Hall–Kier alpha value is -0.300. The second-order valence-corrected chi connectivity index (χ2v) is 9.26. The van der Waals surface area contributed by atoms with Crippen LogP contribution in [-0.2, 0) is 9.84 Å². The fourth-order valence-corrected chi connectivity index (χ4v) is 3.79. The van der Waals surface area contributed by atoms with Gasteiger partial charge in [0.15, 0.2) is 9.84 Å². The first kappa shape index (κ1) is 18.7. The summed E-state index contributed by atoms with van der Waals surface area (Å²) >= 11 is 9.53. The maximum absolute atomic E-state index is 12.2. The molecule has 1 aromatic carbocycles. The molecule has 1 aromatic rings. The van der Waals surface area contributed by atoms with Crippen LogP contribution < -0.4 is 10.1 Å². The number of halogens is 2. The summed E-state index contributed by atoms with van der Waals surface area (Å²) in [6, 6.07) is 3.02. The van der Waals surface area contributed by atoms with E-state index in [0.29, 0.717) is 27.4 Å². The van der Waals surface area contributed by atoms with Gasteiger partial charge in [0.2, 0.25) is 0 Å². The number of benzene rings is 1. The number of hydrogen-bond acceptors (Lipinski definition) is 4. The van der Waals surface area contributed by atoms with E-state index in [9.17, 15) is 8.42 Å². The van der Waals surface area contributed by atoms with E-state index in [2.05, 4.69) is 21.2 Å². The average molecular weight is 399 g/mol. The lowest BCUT2D eigenvalue weighted by Crippen LogP contribution is -2.45. The molecule has 1 N–H and O–H groups in total. The molecule has 0 radical (unpaired) electrons. The summed E-state index contributed by atoms with van der Waals surface area (Å²) in [5.41, 5.74) is 0.717. The molecule has 0 aliphatic heterocycles. The molecule has 0 aliphatic carbocycles. The van der Waals surface area contributed by atoms with Crippen LogP contribution in [0.1, 0.15) is 32.4 Å². The molecule has 4 nitrogen and oxygen atoms in total. The molecule has 0 bridgehead atoms. The Balaban J connectivity index is 3.57. The Morgan fingerprint density at radius 1 is 1.43 bits per heavy atom. The summed E-state index contributed by atoms with van der Waals surface area (Å²) in [6.07, 6.45) is 1.24. The van der Waals surface area contributed by atoms with Crippen molar-refractivity contribution in [3.05, 3.63) is 27.2 Å². The fraction of sp³-hybridized carbons (Fsp3) is 0.571. The minimum atomic E-state index is -3.30. The van der Waals surface area contributed by atoms with Gasteiger partial charge in [-0.1, -0.05) is 18.5 Å². The second kappa shape index (κ2) is 6.86. The molecule has 1 atom stereocenters. The lowest BCUT2D eigenvalue weighted by molar-refractivity contribution is 0.377. The van der Waals surface area contributed by atoms with Crippen molar-refractivity contribution in [2.24, 2.45) is 0 Å². The molecule has 0 spiro atoms. The van der Waals surface area contributed by atoms with Crippen LogP contribution in [-0.4, -0.2) is 33.1 Å². The fourth-order valence-electron chi connectivity index (χ4n) is 2.16. The minimum Gasteiger partial charge on any atom is -0.495 e. The first-order valence-electron chi connectivity index (χ1n) is 6.52. The lowest BCUT2D eigenvalue weighted by atomic mass is 9.94. The van der Waals surface area contributed by atoms with Gasteiger partial charge < -0.3 is 10.1 Å². The molecular formula is C14H21BrClNO3S. The quantitative estimate of drug-likeness (QED) is 0.795. The van der Waals surface area contributed by atoms with Crippen molar-refractivity contribution in [2.45, 2.75) is 31.6 Å². The van der Waals surface area contributed by atoms with Crippen LogP contribution in [0.4, 0.5) is 0 Å². The highest BCUT2D eigenvalue weighted by atomic mass is 79.9. The normalized spacial score (nSPS) is 14.0. The van der Waals surface area contributed by atoms with Crippen molar-refractivity contribution in [3.8, 4) is 5.75 Å². The van der Waals surface area contributed by atoms with Gasteiger partial charge in [0.05, 0.1) is 22.4 Å². The van der Waals surface area contributed by atoms with E-state index in [1.807, 2.05) is 6.92 Å². The predicted octanol–water partition coefficient (Wildman–Crippen LogP) is 3.58. The summed E-state index contributed by atoms with van der Waals surface area (Å²) in [5, 5.41) is 3.75. The Kier molecular flexibility index (Phi) is 6.12. The van der Waals surface area contributed by atoms with E-state index in [1.165, 1.54) is 6.26 Å². The molecule has 0 saturated heterocycles. The van der Waals surface area contributed by atoms with Crippen molar-refractivity contribution < 1.29 is 13.2 Å². The second-order valence-electron chi connectivity index (χ2n) is 5.38. The van der Waals surface area contributed by atoms with Gasteiger partial charge in [-0.15, -0.1) is 0 Å². The standard InChI is InChI=1S/C14H21BrClNO3S/c1-6-17-13(14(2,3)21(5,18)19)10-7-9(16)8-11(15)12(10)20-4/h7-8,13,17H,6H2,1-5H3. The summed E-state index contributed by atoms with van der Waals surface area (Å²) in [6.45, 7) is 5.95. The highest BCUT2D eigenvalue weighted by molar-refractivity contribution is 9.10. The van der Waals surface area contributed by atoms with Crippen molar-refractivity contribution >= 4 is 37.4 Å². The van der Waals surface area contributed by atoms with E-state index in [-0.39, 0.29) is 0 Å². The van der Waals surface area contributed by atoms with Crippen molar-refractivity contribution in [3.63, 3.8) is 0 Å². The number of rotatable bonds is 6. The molecule has 1 rings (SSSR count). The molecule has 0 heterocycles. The molecule has 1 unspecified atom stereocenters. The number of sulfone groups is 1. The SMILES string of the molecule is CCNC(c1cc(Cl)cc(Br)c1OC)C(C)(C)S(C)(=O)=O. The van der Waals surface area contributed by atoms with Crippen LogP contribution in [0, 0.1) is 0 Å². The van der Waals surface area contributed by atoms with Crippen LogP contribution in [0.15, 0.2) is 16.6 Å². The van der Waals surface area contributed by atoms with E-state index in [0.717, 1.165) is 0 Å². The molecule has 0 amide bonds. The van der Waals surface area contributed by atoms with Crippen LogP contribution >= 0.6 is 27.5 Å². The average Bonchev–Trinajstić information content (AvgIpc) is 2.33. The van der Waals surface area contributed by atoms with Crippen molar-refractivity contribution in [1.29, 1.82) is 0 Å². The predicted molar refractivity (Wildman–Crippen MR) is 91.0 cm³/mol. The van der Waals surface area contributed by atoms with Gasteiger partial charge in [0.1, 0.15) is 5.75 Å². The molecule has 21 heavy (non-hydrogen) atoms. The van der Waals surface area contributed by atoms with Crippen LogP contribution in [0.3, 0.4) is 0 Å². The zero-order valence-corrected chi connectivity index (χ0v) is 16.0.